The van der Waals surface area contributed by atoms with Crippen LogP contribution in [-0.4, -0.2) is 9.38 Å². The van der Waals surface area contributed by atoms with Gasteiger partial charge in [0.15, 0.2) is 0 Å². The Balaban J connectivity index is 1.69. The lowest BCUT2D eigenvalue weighted by molar-refractivity contribution is 0.664. The molecule has 0 N–H and O–H groups in total. The Hall–Kier alpha value is -4.31. The highest BCUT2D eigenvalue weighted by Crippen LogP contribution is 2.42. The first-order valence-electron chi connectivity index (χ1n) is 10.3. The van der Waals surface area contributed by atoms with Crippen LogP contribution in [0, 0.1) is 0 Å². The van der Waals surface area contributed by atoms with Crippen LogP contribution in [0.25, 0.3) is 71.2 Å². The summed E-state index contributed by atoms with van der Waals surface area (Å²) in [5.74, 6) is 0. The number of nitrogens with zero attached hydrogens (tertiary/aromatic N) is 2. The van der Waals surface area contributed by atoms with Gasteiger partial charge in [0.05, 0.1) is 10.9 Å². The van der Waals surface area contributed by atoms with Gasteiger partial charge in [0, 0.05) is 39.3 Å². The van der Waals surface area contributed by atoms with Crippen LogP contribution >= 0.6 is 0 Å². The Kier molecular flexibility index (Phi) is 2.62. The number of imidazole rings is 1. The number of hydrogen-bond donors (Lipinski definition) is 0. The third-order valence-electron chi connectivity index (χ3n) is 6.46. The average molecular weight is 398 g/mol. The largest absolute Gasteiger partial charge is 0.456 e. The van der Waals surface area contributed by atoms with Crippen molar-refractivity contribution in [2.24, 2.45) is 0 Å². The van der Waals surface area contributed by atoms with Gasteiger partial charge in [0.1, 0.15) is 28.0 Å². The lowest BCUT2D eigenvalue weighted by Crippen LogP contribution is -1.90. The normalized spacial score (nSPS) is 12.5. The monoisotopic (exact) mass is 398 g/mol. The van der Waals surface area contributed by atoms with Crippen molar-refractivity contribution < 1.29 is 8.83 Å². The van der Waals surface area contributed by atoms with E-state index in [0.29, 0.717) is 0 Å². The van der Waals surface area contributed by atoms with Crippen molar-refractivity contribution in [1.82, 2.24) is 9.38 Å². The van der Waals surface area contributed by atoms with E-state index in [4.69, 9.17) is 8.83 Å². The Labute approximate surface area is 174 Å². The summed E-state index contributed by atoms with van der Waals surface area (Å²) in [6, 6.07) is 25.0. The second-order valence-electron chi connectivity index (χ2n) is 8.02. The number of rotatable bonds is 0. The number of hydrogen-bond acceptors (Lipinski definition) is 3. The molecule has 0 atom stereocenters. The van der Waals surface area contributed by atoms with E-state index in [0.717, 1.165) is 71.2 Å². The molecular formula is C27H14N2O2. The van der Waals surface area contributed by atoms with Gasteiger partial charge in [-0.15, -0.1) is 0 Å². The van der Waals surface area contributed by atoms with Crippen LogP contribution in [0.5, 0.6) is 0 Å². The highest BCUT2D eigenvalue weighted by molar-refractivity contribution is 6.28. The molecule has 4 aromatic heterocycles. The first kappa shape index (κ1) is 15.5. The molecule has 0 amide bonds. The van der Waals surface area contributed by atoms with Crippen molar-refractivity contribution in [2.45, 2.75) is 0 Å². The molecule has 0 fully saturated rings. The van der Waals surface area contributed by atoms with E-state index in [1.165, 1.54) is 0 Å². The number of benzene rings is 4. The Bertz CT molecular complexity index is 2000. The summed E-state index contributed by atoms with van der Waals surface area (Å²) < 4.78 is 14.9. The van der Waals surface area contributed by atoms with E-state index in [-0.39, 0.29) is 0 Å². The fraction of sp³-hybridized carbons (Fsp3) is 0. The van der Waals surface area contributed by atoms with Gasteiger partial charge < -0.3 is 8.83 Å². The SMILES string of the molecule is c1ccc2c(c1)oc1ccc3c4ccc5c(c6ccccc6c6nccn56)c4oc3c12. The molecule has 0 aliphatic rings. The maximum atomic E-state index is 6.69. The highest BCUT2D eigenvalue weighted by Gasteiger charge is 2.19. The summed E-state index contributed by atoms with van der Waals surface area (Å²) in [5.41, 5.74) is 5.55. The predicted molar refractivity (Wildman–Crippen MR) is 125 cm³/mol. The van der Waals surface area contributed by atoms with Crippen molar-refractivity contribution in [2.75, 3.05) is 0 Å². The smallest absolute Gasteiger partial charge is 0.147 e. The Morgan fingerprint density at radius 3 is 2.23 bits per heavy atom. The minimum atomic E-state index is 0.846. The van der Waals surface area contributed by atoms with Gasteiger partial charge >= 0.3 is 0 Å². The molecule has 31 heavy (non-hydrogen) atoms. The molecule has 0 radical (unpaired) electrons. The molecule has 4 heteroatoms. The topological polar surface area (TPSA) is 43.6 Å². The standard InChI is InChI=1S/C27H14N2O2/c1-2-6-18-15(5-1)23-20(29-14-13-28-27(18)29)11-9-16-17-10-12-22-24(26(17)31-25(16)23)19-7-3-4-8-21(19)30-22/h1-14H. The first-order chi connectivity index (χ1) is 15.4. The Morgan fingerprint density at radius 2 is 1.32 bits per heavy atom. The van der Waals surface area contributed by atoms with Crippen LogP contribution in [0.4, 0.5) is 0 Å². The molecule has 0 bridgehead atoms. The minimum Gasteiger partial charge on any atom is -0.456 e. The van der Waals surface area contributed by atoms with Gasteiger partial charge in [-0.05, 0) is 35.7 Å². The maximum absolute atomic E-state index is 6.69. The van der Waals surface area contributed by atoms with Crippen LogP contribution in [0.3, 0.4) is 0 Å². The van der Waals surface area contributed by atoms with E-state index in [9.17, 15) is 0 Å². The second-order valence-corrected chi connectivity index (χ2v) is 8.02. The van der Waals surface area contributed by atoms with Crippen LogP contribution in [-0.2, 0) is 0 Å². The summed E-state index contributed by atoms with van der Waals surface area (Å²) in [7, 11) is 0. The van der Waals surface area contributed by atoms with Gasteiger partial charge in [-0.2, -0.15) is 0 Å². The molecule has 0 spiro atoms. The maximum Gasteiger partial charge on any atom is 0.147 e. The zero-order valence-corrected chi connectivity index (χ0v) is 16.3. The molecule has 0 aliphatic heterocycles. The minimum absolute atomic E-state index is 0.846. The summed E-state index contributed by atoms with van der Waals surface area (Å²) in [4.78, 5) is 4.61. The first-order valence-corrected chi connectivity index (χ1v) is 10.3. The van der Waals surface area contributed by atoms with Gasteiger partial charge in [0.2, 0.25) is 0 Å². The summed E-state index contributed by atoms with van der Waals surface area (Å²) >= 11 is 0. The van der Waals surface area contributed by atoms with Crippen LogP contribution in [0.1, 0.15) is 0 Å². The van der Waals surface area contributed by atoms with Crippen molar-refractivity contribution in [1.29, 1.82) is 0 Å². The molecule has 144 valence electrons. The highest BCUT2D eigenvalue weighted by atomic mass is 16.3. The Morgan fingerprint density at radius 1 is 0.581 bits per heavy atom. The number of para-hydroxylation sites is 1. The second kappa shape index (κ2) is 5.24. The van der Waals surface area contributed by atoms with Gasteiger partial charge in [-0.3, -0.25) is 4.40 Å². The molecule has 0 saturated carbocycles. The molecular weight excluding hydrogens is 384 g/mol. The molecule has 4 heterocycles. The molecule has 0 saturated heterocycles. The van der Waals surface area contributed by atoms with E-state index in [1.807, 2.05) is 36.7 Å². The van der Waals surface area contributed by atoms with Gasteiger partial charge in [0.25, 0.3) is 0 Å². The molecule has 8 aromatic rings. The van der Waals surface area contributed by atoms with Crippen molar-refractivity contribution in [3.63, 3.8) is 0 Å². The van der Waals surface area contributed by atoms with Gasteiger partial charge in [-0.25, -0.2) is 4.98 Å². The summed E-state index contributed by atoms with van der Waals surface area (Å²) in [6.07, 6.45) is 3.87. The third-order valence-corrected chi connectivity index (χ3v) is 6.46. The van der Waals surface area contributed by atoms with E-state index in [2.05, 4.69) is 57.9 Å². The lowest BCUT2D eigenvalue weighted by Gasteiger charge is -2.08. The number of furan rings is 2. The van der Waals surface area contributed by atoms with E-state index >= 15 is 0 Å². The third kappa shape index (κ3) is 1.79. The summed E-state index contributed by atoms with van der Waals surface area (Å²) in [5, 5.41) is 7.70. The average Bonchev–Trinajstić information content (AvgIpc) is 3.53. The fourth-order valence-corrected chi connectivity index (χ4v) is 5.15. The molecule has 4 aromatic carbocycles. The number of aromatic nitrogens is 2. The molecule has 0 aliphatic carbocycles. The van der Waals surface area contributed by atoms with E-state index < -0.39 is 0 Å². The van der Waals surface area contributed by atoms with Crippen molar-refractivity contribution >= 4 is 71.2 Å². The molecule has 4 nitrogen and oxygen atoms in total. The fourth-order valence-electron chi connectivity index (χ4n) is 5.15. The zero-order chi connectivity index (χ0) is 20.1. The van der Waals surface area contributed by atoms with Crippen LogP contribution in [0.15, 0.2) is 94.0 Å². The molecule has 8 rings (SSSR count). The van der Waals surface area contributed by atoms with E-state index in [1.54, 1.807) is 0 Å². The van der Waals surface area contributed by atoms with Gasteiger partial charge in [-0.1, -0.05) is 42.5 Å². The quantitative estimate of drug-likeness (QED) is 0.249. The summed E-state index contributed by atoms with van der Waals surface area (Å²) in [6.45, 7) is 0. The zero-order valence-electron chi connectivity index (χ0n) is 16.3. The van der Waals surface area contributed by atoms with Crippen LogP contribution < -0.4 is 0 Å². The van der Waals surface area contributed by atoms with Crippen LogP contribution in [0.2, 0.25) is 0 Å². The predicted octanol–water partition coefficient (Wildman–Crippen LogP) is 7.44. The van der Waals surface area contributed by atoms with Crippen molar-refractivity contribution in [3.05, 3.63) is 85.2 Å². The number of pyridine rings is 1. The van der Waals surface area contributed by atoms with Crippen molar-refractivity contribution in [3.8, 4) is 0 Å². The number of fused-ring (bicyclic) bond motifs is 14. The lowest BCUT2D eigenvalue weighted by atomic mass is 10.0. The molecule has 0 unspecified atom stereocenters.